The molecule has 0 amide bonds. The summed E-state index contributed by atoms with van der Waals surface area (Å²) in [6.45, 7) is 0.853. The van der Waals surface area contributed by atoms with Gasteiger partial charge in [0.1, 0.15) is 11.9 Å². The Morgan fingerprint density at radius 2 is 1.96 bits per heavy atom. The van der Waals surface area contributed by atoms with E-state index in [1.54, 1.807) is 18.4 Å². The normalized spacial score (nSPS) is 12.5. The van der Waals surface area contributed by atoms with E-state index in [2.05, 4.69) is 5.10 Å². The molecule has 1 atom stereocenters. The largest absolute Gasteiger partial charge is 0.467 e. The molecule has 2 heterocycles. The van der Waals surface area contributed by atoms with Gasteiger partial charge in [-0.2, -0.15) is 5.10 Å². The Labute approximate surface area is 160 Å². The molecule has 0 radical (unpaired) electrons. The van der Waals surface area contributed by atoms with Crippen molar-refractivity contribution in [3.63, 3.8) is 0 Å². The van der Waals surface area contributed by atoms with E-state index in [0.717, 1.165) is 22.2 Å². The third-order valence-corrected chi connectivity index (χ3v) is 4.73. The summed E-state index contributed by atoms with van der Waals surface area (Å²) in [7, 11) is 0. The quantitative estimate of drug-likeness (QED) is 0.414. The summed E-state index contributed by atoms with van der Waals surface area (Å²) in [5.74, 6) is 0.739. The molecular weight excluding hydrogens is 371 g/mol. The SMILES string of the molecule is Clc1ccc(Cl)c(CO[C@@H](Cn2cc3ccccc3n2)c2ccco2)c1. The minimum Gasteiger partial charge on any atom is -0.467 e. The van der Waals surface area contributed by atoms with Crippen LogP contribution in [0.3, 0.4) is 0 Å². The van der Waals surface area contributed by atoms with Crippen LogP contribution in [-0.2, 0) is 17.9 Å². The summed E-state index contributed by atoms with van der Waals surface area (Å²) >= 11 is 12.3. The molecule has 2 aromatic carbocycles. The first-order chi connectivity index (χ1) is 12.7. The van der Waals surface area contributed by atoms with E-state index < -0.39 is 0 Å². The van der Waals surface area contributed by atoms with E-state index >= 15 is 0 Å². The molecule has 6 heteroatoms. The first-order valence-electron chi connectivity index (χ1n) is 8.20. The fourth-order valence-corrected chi connectivity index (χ4v) is 3.19. The fourth-order valence-electron chi connectivity index (χ4n) is 2.82. The zero-order chi connectivity index (χ0) is 17.9. The standard InChI is InChI=1S/C20H16Cl2N2O2/c21-16-7-8-17(22)15(10-16)13-26-20(19-6-3-9-25-19)12-24-11-14-4-1-2-5-18(14)23-24/h1-11,20H,12-13H2/t20-/m0/s1. The van der Waals surface area contributed by atoms with E-state index in [1.807, 2.05) is 53.3 Å². The number of furan rings is 1. The van der Waals surface area contributed by atoms with Crippen LogP contribution < -0.4 is 0 Å². The molecule has 0 bridgehead atoms. The lowest BCUT2D eigenvalue weighted by Gasteiger charge is -2.16. The highest BCUT2D eigenvalue weighted by molar-refractivity contribution is 6.33. The van der Waals surface area contributed by atoms with Crippen molar-refractivity contribution in [1.29, 1.82) is 0 Å². The maximum atomic E-state index is 6.24. The minimum atomic E-state index is -0.297. The Hall–Kier alpha value is -2.27. The van der Waals surface area contributed by atoms with Crippen molar-refractivity contribution < 1.29 is 9.15 Å². The average molecular weight is 387 g/mol. The molecule has 4 nitrogen and oxygen atoms in total. The Bertz CT molecular complexity index is 979. The summed E-state index contributed by atoms with van der Waals surface area (Å²) in [5, 5.41) is 6.93. The van der Waals surface area contributed by atoms with E-state index in [-0.39, 0.29) is 6.10 Å². The number of nitrogens with zero attached hydrogens (tertiary/aromatic N) is 2. The van der Waals surface area contributed by atoms with Crippen LogP contribution in [0, 0.1) is 0 Å². The molecule has 0 unspecified atom stereocenters. The average Bonchev–Trinajstić information content (AvgIpc) is 3.30. The van der Waals surface area contributed by atoms with E-state index in [9.17, 15) is 0 Å². The lowest BCUT2D eigenvalue weighted by Crippen LogP contribution is -2.13. The molecule has 0 aliphatic carbocycles. The van der Waals surface area contributed by atoms with Gasteiger partial charge in [0.15, 0.2) is 0 Å². The summed E-state index contributed by atoms with van der Waals surface area (Å²) in [4.78, 5) is 0. The summed E-state index contributed by atoms with van der Waals surface area (Å²) in [6.07, 6.45) is 3.34. The molecule has 0 fully saturated rings. The van der Waals surface area contributed by atoms with Crippen LogP contribution in [0.15, 0.2) is 71.5 Å². The highest BCUT2D eigenvalue weighted by Crippen LogP contribution is 2.26. The molecule has 2 aromatic heterocycles. The molecule has 0 spiro atoms. The van der Waals surface area contributed by atoms with Gasteiger partial charge in [-0.1, -0.05) is 41.4 Å². The van der Waals surface area contributed by atoms with Gasteiger partial charge in [0.05, 0.1) is 24.9 Å². The van der Waals surface area contributed by atoms with Gasteiger partial charge in [-0.25, -0.2) is 0 Å². The van der Waals surface area contributed by atoms with Crippen LogP contribution in [0.1, 0.15) is 17.4 Å². The van der Waals surface area contributed by atoms with Crippen LogP contribution >= 0.6 is 23.2 Å². The van der Waals surface area contributed by atoms with Crippen molar-refractivity contribution in [2.24, 2.45) is 0 Å². The summed E-state index contributed by atoms with van der Waals surface area (Å²) in [5.41, 5.74) is 1.78. The Morgan fingerprint density at radius 3 is 2.77 bits per heavy atom. The third-order valence-electron chi connectivity index (χ3n) is 4.12. The van der Waals surface area contributed by atoms with Gasteiger partial charge in [-0.15, -0.1) is 0 Å². The van der Waals surface area contributed by atoms with Gasteiger partial charge >= 0.3 is 0 Å². The maximum Gasteiger partial charge on any atom is 0.135 e. The predicted octanol–water partition coefficient (Wildman–Crippen LogP) is 5.89. The van der Waals surface area contributed by atoms with Crippen molar-refractivity contribution in [3.05, 3.63) is 88.4 Å². The van der Waals surface area contributed by atoms with Gasteiger partial charge in [0.25, 0.3) is 0 Å². The second-order valence-electron chi connectivity index (χ2n) is 5.96. The predicted molar refractivity (Wildman–Crippen MR) is 102 cm³/mol. The third kappa shape index (κ3) is 3.78. The van der Waals surface area contributed by atoms with E-state index in [4.69, 9.17) is 32.4 Å². The van der Waals surface area contributed by atoms with Crippen molar-refractivity contribution in [2.45, 2.75) is 19.3 Å². The molecule has 0 saturated heterocycles. The number of benzene rings is 2. The molecule has 132 valence electrons. The van der Waals surface area contributed by atoms with Crippen LogP contribution in [0.5, 0.6) is 0 Å². The van der Waals surface area contributed by atoms with Crippen LogP contribution in [-0.4, -0.2) is 9.78 Å². The zero-order valence-corrected chi connectivity index (χ0v) is 15.3. The van der Waals surface area contributed by atoms with Crippen molar-refractivity contribution >= 4 is 34.1 Å². The molecule has 0 saturated carbocycles. The topological polar surface area (TPSA) is 40.2 Å². The fraction of sp³-hybridized carbons (Fsp3) is 0.150. The second kappa shape index (κ2) is 7.54. The minimum absolute atomic E-state index is 0.297. The summed E-state index contributed by atoms with van der Waals surface area (Å²) in [6, 6.07) is 17.1. The number of ether oxygens (including phenoxy) is 1. The molecule has 0 aliphatic heterocycles. The number of hydrogen-bond acceptors (Lipinski definition) is 3. The first kappa shape index (κ1) is 17.2. The molecule has 26 heavy (non-hydrogen) atoms. The summed E-state index contributed by atoms with van der Waals surface area (Å²) < 4.78 is 13.5. The Balaban J connectivity index is 1.55. The Morgan fingerprint density at radius 1 is 1.08 bits per heavy atom. The van der Waals surface area contributed by atoms with Crippen molar-refractivity contribution in [2.75, 3.05) is 0 Å². The maximum absolute atomic E-state index is 6.24. The van der Waals surface area contributed by atoms with Gasteiger partial charge in [0, 0.05) is 21.6 Å². The van der Waals surface area contributed by atoms with Crippen LogP contribution in [0.4, 0.5) is 0 Å². The molecular formula is C20H16Cl2N2O2. The van der Waals surface area contributed by atoms with Crippen molar-refractivity contribution in [3.8, 4) is 0 Å². The van der Waals surface area contributed by atoms with Crippen molar-refractivity contribution in [1.82, 2.24) is 9.78 Å². The highest BCUT2D eigenvalue weighted by Gasteiger charge is 2.18. The van der Waals surface area contributed by atoms with Gasteiger partial charge in [-0.05, 0) is 42.0 Å². The second-order valence-corrected chi connectivity index (χ2v) is 6.80. The van der Waals surface area contributed by atoms with Gasteiger partial charge in [-0.3, -0.25) is 4.68 Å². The first-order valence-corrected chi connectivity index (χ1v) is 8.96. The lowest BCUT2D eigenvalue weighted by molar-refractivity contribution is 0.0120. The Kier molecular flexibility index (Phi) is 4.98. The molecule has 4 aromatic rings. The van der Waals surface area contributed by atoms with Gasteiger partial charge in [0.2, 0.25) is 0 Å². The van der Waals surface area contributed by atoms with Crippen LogP contribution in [0.25, 0.3) is 10.9 Å². The zero-order valence-electron chi connectivity index (χ0n) is 13.8. The lowest BCUT2D eigenvalue weighted by atomic mass is 10.2. The monoisotopic (exact) mass is 386 g/mol. The molecule has 0 aliphatic rings. The number of halogens is 2. The highest BCUT2D eigenvalue weighted by atomic mass is 35.5. The van der Waals surface area contributed by atoms with E-state index in [1.165, 1.54) is 0 Å². The van der Waals surface area contributed by atoms with E-state index in [0.29, 0.717) is 23.2 Å². The smallest absolute Gasteiger partial charge is 0.135 e. The molecule has 4 rings (SSSR count). The number of hydrogen-bond donors (Lipinski definition) is 0. The number of rotatable bonds is 6. The van der Waals surface area contributed by atoms with Gasteiger partial charge < -0.3 is 9.15 Å². The number of fused-ring (bicyclic) bond motifs is 1. The van der Waals surface area contributed by atoms with Crippen LogP contribution in [0.2, 0.25) is 10.0 Å². The number of aromatic nitrogens is 2. The molecule has 0 N–H and O–H groups in total.